The number of imidazole rings is 1. The first kappa shape index (κ1) is 16.6. The molecule has 4 aromatic rings. The van der Waals surface area contributed by atoms with Crippen molar-refractivity contribution in [3.8, 4) is 11.3 Å². The van der Waals surface area contributed by atoms with Gasteiger partial charge in [-0.05, 0) is 31.0 Å². The van der Waals surface area contributed by atoms with Crippen LogP contribution in [-0.4, -0.2) is 48.4 Å². The molecule has 4 aromatic heterocycles. The van der Waals surface area contributed by atoms with E-state index in [4.69, 9.17) is 9.40 Å². The zero-order valence-electron chi connectivity index (χ0n) is 15.1. The molecule has 0 aliphatic carbocycles. The number of hydrogen-bond acceptors (Lipinski definition) is 6. The van der Waals surface area contributed by atoms with Gasteiger partial charge in [-0.1, -0.05) is 0 Å². The lowest BCUT2D eigenvalue weighted by Gasteiger charge is -2.32. The minimum Gasteiger partial charge on any atom is -0.472 e. The molecule has 5 rings (SSSR count). The highest BCUT2D eigenvalue weighted by molar-refractivity contribution is 5.93. The molecule has 0 N–H and O–H groups in total. The van der Waals surface area contributed by atoms with Crippen LogP contribution in [-0.2, 0) is 0 Å². The molecule has 0 atom stereocenters. The highest BCUT2D eigenvalue weighted by atomic mass is 16.3. The largest absolute Gasteiger partial charge is 0.472 e. The fourth-order valence-corrected chi connectivity index (χ4v) is 3.65. The van der Waals surface area contributed by atoms with Gasteiger partial charge in [0.25, 0.3) is 5.91 Å². The second kappa shape index (κ2) is 6.88. The number of amides is 1. The quantitative estimate of drug-likeness (QED) is 0.548. The lowest BCUT2D eigenvalue weighted by molar-refractivity contribution is 0.0695. The second-order valence-corrected chi connectivity index (χ2v) is 6.83. The summed E-state index contributed by atoms with van der Waals surface area (Å²) in [5.74, 6) is 0.0151. The molecule has 0 unspecified atom stereocenters. The van der Waals surface area contributed by atoms with Crippen molar-refractivity contribution < 1.29 is 9.21 Å². The summed E-state index contributed by atoms with van der Waals surface area (Å²) in [6.07, 6.45) is 11.7. The molecule has 5 heterocycles. The van der Waals surface area contributed by atoms with E-state index >= 15 is 0 Å². The van der Waals surface area contributed by atoms with Gasteiger partial charge in [-0.15, -0.1) is 0 Å². The Morgan fingerprint density at radius 3 is 2.79 bits per heavy atom. The van der Waals surface area contributed by atoms with Gasteiger partial charge in [0.05, 0.1) is 30.0 Å². The maximum Gasteiger partial charge on any atom is 0.257 e. The molecule has 1 saturated heterocycles. The van der Waals surface area contributed by atoms with Crippen molar-refractivity contribution in [2.24, 2.45) is 0 Å². The Morgan fingerprint density at radius 2 is 2.04 bits per heavy atom. The summed E-state index contributed by atoms with van der Waals surface area (Å²) in [6.45, 7) is 1.37. The SMILES string of the molecule is O=C(c1ccoc1)N1CCC(n2cnc3ncc(-c4cccnc4)nc32)CC1. The molecule has 0 radical (unpaired) electrons. The molecule has 1 aliphatic heterocycles. The summed E-state index contributed by atoms with van der Waals surface area (Å²) in [5, 5.41) is 0. The second-order valence-electron chi connectivity index (χ2n) is 6.83. The van der Waals surface area contributed by atoms with E-state index in [9.17, 15) is 4.79 Å². The zero-order chi connectivity index (χ0) is 18.9. The van der Waals surface area contributed by atoms with Crippen molar-refractivity contribution in [2.75, 3.05) is 13.1 Å². The summed E-state index contributed by atoms with van der Waals surface area (Å²) in [7, 11) is 0. The molecule has 1 amide bonds. The number of pyridine rings is 1. The summed E-state index contributed by atoms with van der Waals surface area (Å²) < 4.78 is 7.11. The Kier molecular flexibility index (Phi) is 4.08. The van der Waals surface area contributed by atoms with Gasteiger partial charge in [0.2, 0.25) is 0 Å². The molecular formula is C20H18N6O2. The van der Waals surface area contributed by atoms with Crippen LogP contribution < -0.4 is 0 Å². The molecule has 1 fully saturated rings. The maximum atomic E-state index is 12.5. The maximum absolute atomic E-state index is 12.5. The van der Waals surface area contributed by atoms with Gasteiger partial charge in [-0.3, -0.25) is 9.78 Å². The normalized spacial score (nSPS) is 15.2. The zero-order valence-corrected chi connectivity index (χ0v) is 15.1. The van der Waals surface area contributed by atoms with Crippen molar-refractivity contribution in [3.63, 3.8) is 0 Å². The van der Waals surface area contributed by atoms with Gasteiger partial charge < -0.3 is 13.9 Å². The predicted molar refractivity (Wildman–Crippen MR) is 101 cm³/mol. The number of carbonyl (C=O) groups excluding carboxylic acids is 1. The minimum atomic E-state index is 0.0151. The Bertz CT molecular complexity index is 1100. The van der Waals surface area contributed by atoms with Crippen LogP contribution >= 0.6 is 0 Å². The van der Waals surface area contributed by atoms with E-state index < -0.39 is 0 Å². The lowest BCUT2D eigenvalue weighted by Crippen LogP contribution is -2.38. The first-order chi connectivity index (χ1) is 13.8. The van der Waals surface area contributed by atoms with Crippen LogP contribution in [0.1, 0.15) is 29.2 Å². The Labute approximate surface area is 160 Å². The van der Waals surface area contributed by atoms with Gasteiger partial charge in [-0.25, -0.2) is 15.0 Å². The number of fused-ring (bicyclic) bond motifs is 1. The van der Waals surface area contributed by atoms with Crippen molar-refractivity contribution >= 4 is 17.2 Å². The molecular weight excluding hydrogens is 356 g/mol. The van der Waals surface area contributed by atoms with E-state index in [2.05, 4.69) is 19.5 Å². The summed E-state index contributed by atoms with van der Waals surface area (Å²) >= 11 is 0. The number of piperidine rings is 1. The summed E-state index contributed by atoms with van der Waals surface area (Å²) in [4.78, 5) is 32.1. The third-order valence-corrected chi connectivity index (χ3v) is 5.15. The topological polar surface area (TPSA) is 89.9 Å². The third kappa shape index (κ3) is 2.92. The summed E-state index contributed by atoms with van der Waals surface area (Å²) in [6, 6.07) is 5.78. The van der Waals surface area contributed by atoms with Crippen LogP contribution in [0.2, 0.25) is 0 Å². The average molecular weight is 374 g/mol. The van der Waals surface area contributed by atoms with Gasteiger partial charge >= 0.3 is 0 Å². The monoisotopic (exact) mass is 374 g/mol. The van der Waals surface area contributed by atoms with E-state index in [1.807, 2.05) is 17.0 Å². The van der Waals surface area contributed by atoms with Crippen LogP contribution in [0.15, 0.2) is 60.1 Å². The first-order valence-electron chi connectivity index (χ1n) is 9.21. The molecule has 28 heavy (non-hydrogen) atoms. The molecule has 8 heteroatoms. The Balaban J connectivity index is 1.37. The molecule has 140 valence electrons. The smallest absolute Gasteiger partial charge is 0.257 e. The van der Waals surface area contributed by atoms with Crippen molar-refractivity contribution in [1.29, 1.82) is 0 Å². The van der Waals surface area contributed by atoms with E-state index in [-0.39, 0.29) is 11.9 Å². The van der Waals surface area contributed by atoms with Crippen LogP contribution in [0.5, 0.6) is 0 Å². The molecule has 1 aliphatic rings. The molecule has 0 aromatic carbocycles. The van der Waals surface area contributed by atoms with E-state index in [0.29, 0.717) is 24.3 Å². The standard InChI is InChI=1S/C20H18N6O2/c27-20(15-5-9-28-12-15)25-7-3-16(4-8-25)26-13-23-18-19(26)24-17(11-22-18)14-2-1-6-21-10-14/h1-2,5-6,9-13,16H,3-4,7-8H2. The fraction of sp³-hybridized carbons (Fsp3) is 0.250. The average Bonchev–Trinajstić information content (AvgIpc) is 3.44. The number of aromatic nitrogens is 5. The molecule has 8 nitrogen and oxygen atoms in total. The highest BCUT2D eigenvalue weighted by Crippen LogP contribution is 2.27. The van der Waals surface area contributed by atoms with Crippen LogP contribution in [0.3, 0.4) is 0 Å². The Hall–Kier alpha value is -3.55. The van der Waals surface area contributed by atoms with Gasteiger partial charge in [0.15, 0.2) is 11.3 Å². The van der Waals surface area contributed by atoms with Crippen molar-refractivity contribution in [2.45, 2.75) is 18.9 Å². The van der Waals surface area contributed by atoms with Crippen LogP contribution in [0, 0.1) is 0 Å². The fourth-order valence-electron chi connectivity index (χ4n) is 3.65. The molecule has 0 spiro atoms. The highest BCUT2D eigenvalue weighted by Gasteiger charge is 2.26. The van der Waals surface area contributed by atoms with Gasteiger partial charge in [-0.2, -0.15) is 0 Å². The van der Waals surface area contributed by atoms with E-state index in [0.717, 1.165) is 29.7 Å². The van der Waals surface area contributed by atoms with Gasteiger partial charge in [0, 0.05) is 37.1 Å². The van der Waals surface area contributed by atoms with Crippen LogP contribution in [0.25, 0.3) is 22.6 Å². The number of carbonyl (C=O) groups is 1. The van der Waals surface area contributed by atoms with Crippen molar-refractivity contribution in [3.05, 3.63) is 61.2 Å². The number of rotatable bonds is 3. The molecule has 0 bridgehead atoms. The van der Waals surface area contributed by atoms with Crippen LogP contribution in [0.4, 0.5) is 0 Å². The van der Waals surface area contributed by atoms with Crippen molar-refractivity contribution in [1.82, 2.24) is 29.4 Å². The number of nitrogens with zero attached hydrogens (tertiary/aromatic N) is 6. The summed E-state index contributed by atoms with van der Waals surface area (Å²) in [5.41, 5.74) is 3.68. The first-order valence-corrected chi connectivity index (χ1v) is 9.21. The minimum absolute atomic E-state index is 0.0151. The van der Waals surface area contributed by atoms with E-state index in [1.165, 1.54) is 12.5 Å². The Morgan fingerprint density at radius 1 is 1.14 bits per heavy atom. The predicted octanol–water partition coefficient (Wildman–Crippen LogP) is 2.96. The molecule has 0 saturated carbocycles. The number of hydrogen-bond donors (Lipinski definition) is 0. The third-order valence-electron chi connectivity index (χ3n) is 5.15. The van der Waals surface area contributed by atoms with E-state index in [1.54, 1.807) is 31.0 Å². The van der Waals surface area contributed by atoms with Gasteiger partial charge in [0.1, 0.15) is 6.26 Å². The lowest BCUT2D eigenvalue weighted by atomic mass is 10.0. The number of likely N-dealkylation sites (tertiary alicyclic amines) is 1. The number of furan rings is 1.